The zero-order chi connectivity index (χ0) is 14.3. The minimum absolute atomic E-state index is 0.133. The van der Waals surface area contributed by atoms with Gasteiger partial charge in [0.05, 0.1) is 6.42 Å². The van der Waals surface area contributed by atoms with Crippen molar-refractivity contribution in [2.24, 2.45) is 0 Å². The quantitative estimate of drug-likeness (QED) is 0.652. The number of anilines is 1. The molecule has 0 saturated carbocycles. The second-order valence-electron chi connectivity index (χ2n) is 4.16. The fraction of sp³-hybridized carbons (Fsp3) is 0.385. The van der Waals surface area contributed by atoms with Gasteiger partial charge in [0.2, 0.25) is 5.91 Å². The molecule has 0 radical (unpaired) electrons. The molecular weight excluding hydrogens is 264 g/mol. The number of rotatable bonds is 7. The molecule has 0 saturated heterocycles. The Kier molecular flexibility index (Phi) is 6.21. The Morgan fingerprint density at radius 1 is 1.47 bits per heavy atom. The molecule has 1 rings (SSSR count). The lowest BCUT2D eigenvalue weighted by Gasteiger charge is -2.14. The van der Waals surface area contributed by atoms with Crippen LogP contribution in [-0.4, -0.2) is 35.0 Å². The van der Waals surface area contributed by atoms with Crippen molar-refractivity contribution in [3.8, 4) is 0 Å². The minimum Gasteiger partial charge on any atom is -0.480 e. The van der Waals surface area contributed by atoms with Crippen molar-refractivity contribution in [2.75, 3.05) is 17.7 Å². The standard InChI is InChI=1S/C13H18N2O3S/c1-19-6-5-11(13(17)18)15-12(16)8-9-3-2-4-10(14)7-9/h2-4,7,11H,5-6,8,14H2,1H3,(H,15,16)(H,17,18)/t11-/m1/s1. The molecule has 1 aromatic carbocycles. The highest BCUT2D eigenvalue weighted by Crippen LogP contribution is 2.08. The molecule has 1 aromatic rings. The molecular formula is C13H18N2O3S. The van der Waals surface area contributed by atoms with Gasteiger partial charge < -0.3 is 16.2 Å². The fourth-order valence-corrected chi connectivity index (χ4v) is 2.10. The second-order valence-corrected chi connectivity index (χ2v) is 5.15. The summed E-state index contributed by atoms with van der Waals surface area (Å²) in [5.41, 5.74) is 6.98. The molecule has 0 aliphatic rings. The van der Waals surface area contributed by atoms with Gasteiger partial charge in [-0.15, -0.1) is 0 Å². The second kappa shape index (κ2) is 7.68. The summed E-state index contributed by atoms with van der Waals surface area (Å²) in [5, 5.41) is 11.5. The number of amides is 1. The predicted molar refractivity (Wildman–Crippen MR) is 77.1 cm³/mol. The third-order valence-corrected chi connectivity index (χ3v) is 3.20. The predicted octanol–water partition coefficient (Wildman–Crippen LogP) is 1.13. The summed E-state index contributed by atoms with van der Waals surface area (Å²) in [6.45, 7) is 0. The van der Waals surface area contributed by atoms with E-state index in [9.17, 15) is 9.59 Å². The van der Waals surface area contributed by atoms with E-state index >= 15 is 0 Å². The molecule has 1 atom stereocenters. The van der Waals surface area contributed by atoms with Gasteiger partial charge in [-0.2, -0.15) is 11.8 Å². The number of benzene rings is 1. The Morgan fingerprint density at radius 3 is 2.79 bits per heavy atom. The Balaban J connectivity index is 2.55. The number of thioether (sulfide) groups is 1. The number of nitrogens with two attached hydrogens (primary N) is 1. The average Bonchev–Trinajstić information content (AvgIpc) is 2.34. The van der Waals surface area contributed by atoms with E-state index in [1.807, 2.05) is 6.26 Å². The first-order valence-corrected chi connectivity index (χ1v) is 7.28. The topological polar surface area (TPSA) is 92.4 Å². The largest absolute Gasteiger partial charge is 0.480 e. The molecule has 104 valence electrons. The van der Waals surface area contributed by atoms with Crippen molar-refractivity contribution >= 4 is 29.3 Å². The van der Waals surface area contributed by atoms with E-state index in [1.54, 1.807) is 36.0 Å². The van der Waals surface area contributed by atoms with Crippen LogP contribution in [0.2, 0.25) is 0 Å². The molecule has 0 unspecified atom stereocenters. The zero-order valence-corrected chi connectivity index (χ0v) is 11.6. The van der Waals surface area contributed by atoms with Gasteiger partial charge >= 0.3 is 5.97 Å². The molecule has 0 spiro atoms. The summed E-state index contributed by atoms with van der Waals surface area (Å²) in [7, 11) is 0. The molecule has 1 amide bonds. The maximum Gasteiger partial charge on any atom is 0.326 e. The normalized spacial score (nSPS) is 11.8. The van der Waals surface area contributed by atoms with Crippen LogP contribution in [0.3, 0.4) is 0 Å². The number of hydrogen-bond acceptors (Lipinski definition) is 4. The lowest BCUT2D eigenvalue weighted by molar-refractivity contribution is -0.141. The highest BCUT2D eigenvalue weighted by molar-refractivity contribution is 7.98. The number of aliphatic carboxylic acids is 1. The van der Waals surface area contributed by atoms with Crippen molar-refractivity contribution in [2.45, 2.75) is 18.9 Å². The molecule has 4 N–H and O–H groups in total. The summed E-state index contributed by atoms with van der Waals surface area (Å²) in [4.78, 5) is 22.8. The van der Waals surface area contributed by atoms with Crippen molar-refractivity contribution in [3.63, 3.8) is 0 Å². The summed E-state index contributed by atoms with van der Waals surface area (Å²) in [6.07, 6.45) is 2.45. The van der Waals surface area contributed by atoms with E-state index in [-0.39, 0.29) is 12.3 Å². The van der Waals surface area contributed by atoms with Crippen LogP contribution in [0.1, 0.15) is 12.0 Å². The number of nitrogen functional groups attached to an aromatic ring is 1. The van der Waals surface area contributed by atoms with Crippen LogP contribution >= 0.6 is 11.8 Å². The van der Waals surface area contributed by atoms with Gasteiger partial charge in [0.1, 0.15) is 6.04 Å². The fourth-order valence-electron chi connectivity index (χ4n) is 1.63. The molecule has 6 heteroatoms. The van der Waals surface area contributed by atoms with Gasteiger partial charge in [-0.05, 0) is 36.1 Å². The number of carbonyl (C=O) groups excluding carboxylic acids is 1. The molecule has 0 heterocycles. The third kappa shape index (κ3) is 5.65. The van der Waals surface area contributed by atoms with Crippen LogP contribution in [0, 0.1) is 0 Å². The SMILES string of the molecule is CSCC[C@@H](NC(=O)Cc1cccc(N)c1)C(=O)O. The molecule has 0 aliphatic heterocycles. The highest BCUT2D eigenvalue weighted by Gasteiger charge is 2.19. The van der Waals surface area contributed by atoms with Crippen molar-refractivity contribution in [3.05, 3.63) is 29.8 Å². The number of nitrogens with one attached hydrogen (secondary N) is 1. The Hall–Kier alpha value is -1.69. The van der Waals surface area contributed by atoms with E-state index in [1.165, 1.54) is 0 Å². The lowest BCUT2D eigenvalue weighted by atomic mass is 10.1. The first kappa shape index (κ1) is 15.4. The van der Waals surface area contributed by atoms with Crippen LogP contribution in [0.15, 0.2) is 24.3 Å². The van der Waals surface area contributed by atoms with Gasteiger partial charge in [0, 0.05) is 5.69 Å². The van der Waals surface area contributed by atoms with Crippen LogP contribution in [0.25, 0.3) is 0 Å². The summed E-state index contributed by atoms with van der Waals surface area (Å²) < 4.78 is 0. The van der Waals surface area contributed by atoms with Crippen molar-refractivity contribution in [1.82, 2.24) is 5.32 Å². The Labute approximate surface area is 116 Å². The third-order valence-electron chi connectivity index (χ3n) is 2.56. The average molecular weight is 282 g/mol. The molecule has 0 fully saturated rings. The summed E-state index contributed by atoms with van der Waals surface area (Å²) in [5.74, 6) is -0.621. The van der Waals surface area contributed by atoms with Gasteiger partial charge in [0.25, 0.3) is 0 Å². The van der Waals surface area contributed by atoms with E-state index < -0.39 is 12.0 Å². The van der Waals surface area contributed by atoms with E-state index in [0.29, 0.717) is 17.9 Å². The zero-order valence-electron chi connectivity index (χ0n) is 10.8. The summed E-state index contributed by atoms with van der Waals surface area (Å²) in [6, 6.07) is 6.16. The molecule has 0 aliphatic carbocycles. The van der Waals surface area contributed by atoms with Crippen LogP contribution < -0.4 is 11.1 Å². The first-order valence-electron chi connectivity index (χ1n) is 5.88. The lowest BCUT2D eigenvalue weighted by Crippen LogP contribution is -2.41. The van der Waals surface area contributed by atoms with Crippen molar-refractivity contribution in [1.29, 1.82) is 0 Å². The van der Waals surface area contributed by atoms with Crippen LogP contribution in [0.4, 0.5) is 5.69 Å². The Bertz CT molecular complexity index is 451. The van der Waals surface area contributed by atoms with E-state index in [0.717, 1.165) is 5.56 Å². The van der Waals surface area contributed by atoms with Gasteiger partial charge in [-0.25, -0.2) is 4.79 Å². The maximum atomic E-state index is 11.8. The number of carbonyl (C=O) groups is 2. The highest BCUT2D eigenvalue weighted by atomic mass is 32.2. The Morgan fingerprint density at radius 2 is 2.21 bits per heavy atom. The van der Waals surface area contributed by atoms with E-state index in [4.69, 9.17) is 10.8 Å². The minimum atomic E-state index is -1.00. The number of carboxylic acid groups (broad SMARTS) is 1. The van der Waals surface area contributed by atoms with Gasteiger partial charge in [-0.3, -0.25) is 4.79 Å². The maximum absolute atomic E-state index is 11.8. The number of hydrogen-bond donors (Lipinski definition) is 3. The van der Waals surface area contributed by atoms with Crippen LogP contribution in [-0.2, 0) is 16.0 Å². The molecule has 0 bridgehead atoms. The van der Waals surface area contributed by atoms with Gasteiger partial charge in [0.15, 0.2) is 0 Å². The monoisotopic (exact) mass is 282 g/mol. The van der Waals surface area contributed by atoms with Gasteiger partial charge in [-0.1, -0.05) is 12.1 Å². The number of carboxylic acids is 1. The molecule has 5 nitrogen and oxygen atoms in total. The summed E-state index contributed by atoms with van der Waals surface area (Å²) >= 11 is 1.55. The molecule has 0 aromatic heterocycles. The smallest absolute Gasteiger partial charge is 0.326 e. The van der Waals surface area contributed by atoms with Crippen LogP contribution in [0.5, 0.6) is 0 Å². The molecule has 19 heavy (non-hydrogen) atoms. The van der Waals surface area contributed by atoms with E-state index in [2.05, 4.69) is 5.32 Å². The first-order chi connectivity index (χ1) is 9.02. The van der Waals surface area contributed by atoms with Crippen molar-refractivity contribution < 1.29 is 14.7 Å².